The summed E-state index contributed by atoms with van der Waals surface area (Å²) in [5.74, 6) is 0.733. The third kappa shape index (κ3) is 2.56. The van der Waals surface area contributed by atoms with Crippen LogP contribution in [-0.2, 0) is 13.0 Å². The number of nitrogens with zero attached hydrogens (tertiary/aromatic N) is 4. The van der Waals surface area contributed by atoms with E-state index in [9.17, 15) is 0 Å². The fourth-order valence-electron chi connectivity index (χ4n) is 1.40. The lowest BCUT2D eigenvalue weighted by Crippen LogP contribution is -2.09. The number of aliphatic hydroxyl groups is 1. The van der Waals surface area contributed by atoms with Crippen molar-refractivity contribution in [3.63, 3.8) is 0 Å². The van der Waals surface area contributed by atoms with Crippen LogP contribution < -0.4 is 0 Å². The van der Waals surface area contributed by atoms with E-state index in [1.165, 1.54) is 0 Å². The van der Waals surface area contributed by atoms with Crippen molar-refractivity contribution in [1.82, 2.24) is 20.2 Å². The van der Waals surface area contributed by atoms with Crippen LogP contribution in [0.3, 0.4) is 0 Å². The quantitative estimate of drug-likeness (QED) is 0.860. The van der Waals surface area contributed by atoms with Gasteiger partial charge < -0.3 is 5.11 Å². The highest BCUT2D eigenvalue weighted by Gasteiger charge is 2.06. The molecular weight excluding hydrogens is 228 g/mol. The van der Waals surface area contributed by atoms with E-state index in [-0.39, 0.29) is 6.61 Å². The monoisotopic (exact) mass is 238 g/mol. The first-order valence-electron chi connectivity index (χ1n) is 4.90. The minimum atomic E-state index is 0.0264. The van der Waals surface area contributed by atoms with Crippen LogP contribution in [0.1, 0.15) is 11.4 Å². The molecule has 0 aliphatic heterocycles. The summed E-state index contributed by atoms with van der Waals surface area (Å²) in [5.41, 5.74) is 1.08. The molecule has 0 radical (unpaired) electrons. The molecule has 5 nitrogen and oxygen atoms in total. The van der Waals surface area contributed by atoms with E-state index in [1.54, 1.807) is 4.68 Å². The standard InChI is InChI=1S/C10H11ClN4O/c11-9-3-1-8(2-4-9)7-10-12-13-14-15(10)5-6-16/h1-4,16H,5-7H2. The maximum Gasteiger partial charge on any atom is 0.155 e. The highest BCUT2D eigenvalue weighted by Crippen LogP contribution is 2.12. The van der Waals surface area contributed by atoms with Crippen LogP contribution in [-0.4, -0.2) is 31.9 Å². The van der Waals surface area contributed by atoms with Crippen molar-refractivity contribution < 1.29 is 5.11 Å². The Morgan fingerprint density at radius 3 is 2.69 bits per heavy atom. The first-order chi connectivity index (χ1) is 7.79. The summed E-state index contributed by atoms with van der Waals surface area (Å²) in [6.45, 7) is 0.439. The average Bonchev–Trinajstić information content (AvgIpc) is 2.70. The highest BCUT2D eigenvalue weighted by molar-refractivity contribution is 6.30. The van der Waals surface area contributed by atoms with Crippen LogP contribution >= 0.6 is 11.6 Å². The summed E-state index contributed by atoms with van der Waals surface area (Å²) in [7, 11) is 0. The van der Waals surface area contributed by atoms with Gasteiger partial charge in [0, 0.05) is 11.4 Å². The minimum Gasteiger partial charge on any atom is -0.394 e. The Balaban J connectivity index is 2.13. The lowest BCUT2D eigenvalue weighted by molar-refractivity contribution is 0.266. The smallest absolute Gasteiger partial charge is 0.155 e. The number of benzene rings is 1. The Labute approximate surface area is 97.7 Å². The van der Waals surface area contributed by atoms with Crippen molar-refractivity contribution in [2.75, 3.05) is 6.61 Å². The van der Waals surface area contributed by atoms with Crippen molar-refractivity contribution >= 4 is 11.6 Å². The molecule has 1 N–H and O–H groups in total. The van der Waals surface area contributed by atoms with E-state index >= 15 is 0 Å². The van der Waals surface area contributed by atoms with Crippen molar-refractivity contribution in [3.8, 4) is 0 Å². The van der Waals surface area contributed by atoms with Crippen LogP contribution in [0, 0.1) is 0 Å². The maximum absolute atomic E-state index is 8.83. The normalized spacial score (nSPS) is 10.6. The van der Waals surface area contributed by atoms with Crippen LogP contribution in [0.25, 0.3) is 0 Å². The topological polar surface area (TPSA) is 63.8 Å². The number of aromatic nitrogens is 4. The van der Waals surface area contributed by atoms with Crippen LogP contribution in [0.4, 0.5) is 0 Å². The molecule has 0 amide bonds. The molecule has 0 saturated heterocycles. The summed E-state index contributed by atoms with van der Waals surface area (Å²) in [6.07, 6.45) is 0.629. The van der Waals surface area contributed by atoms with Gasteiger partial charge >= 0.3 is 0 Å². The summed E-state index contributed by atoms with van der Waals surface area (Å²) in [5, 5.41) is 20.8. The molecule has 0 aliphatic carbocycles. The van der Waals surface area contributed by atoms with Gasteiger partial charge in [-0.15, -0.1) is 5.10 Å². The molecule has 84 valence electrons. The first kappa shape index (κ1) is 11.0. The largest absolute Gasteiger partial charge is 0.394 e. The fourth-order valence-corrected chi connectivity index (χ4v) is 1.53. The number of halogens is 1. The molecule has 0 unspecified atom stereocenters. The zero-order valence-corrected chi connectivity index (χ0v) is 9.30. The zero-order chi connectivity index (χ0) is 11.4. The van der Waals surface area contributed by atoms with E-state index in [0.717, 1.165) is 11.4 Å². The third-order valence-corrected chi connectivity index (χ3v) is 2.45. The predicted octanol–water partition coefficient (Wildman–Crippen LogP) is 0.910. The molecule has 0 spiro atoms. The van der Waals surface area contributed by atoms with Crippen molar-refractivity contribution in [3.05, 3.63) is 40.7 Å². The van der Waals surface area contributed by atoms with Gasteiger partial charge in [0.05, 0.1) is 13.2 Å². The minimum absolute atomic E-state index is 0.0264. The molecule has 6 heteroatoms. The summed E-state index contributed by atoms with van der Waals surface area (Å²) in [6, 6.07) is 7.52. The Hall–Kier alpha value is -1.46. The predicted molar refractivity (Wildman–Crippen MR) is 59.2 cm³/mol. The molecule has 0 fully saturated rings. The lowest BCUT2D eigenvalue weighted by atomic mass is 10.1. The van der Waals surface area contributed by atoms with Gasteiger partial charge in [0.25, 0.3) is 0 Å². The molecule has 16 heavy (non-hydrogen) atoms. The Morgan fingerprint density at radius 1 is 1.25 bits per heavy atom. The van der Waals surface area contributed by atoms with E-state index in [1.807, 2.05) is 24.3 Å². The van der Waals surface area contributed by atoms with E-state index in [4.69, 9.17) is 16.7 Å². The molecule has 2 rings (SSSR count). The van der Waals surface area contributed by atoms with Crippen LogP contribution in [0.2, 0.25) is 5.02 Å². The maximum atomic E-state index is 8.83. The van der Waals surface area contributed by atoms with Gasteiger partial charge in [-0.05, 0) is 28.1 Å². The Kier molecular flexibility index (Phi) is 3.48. The van der Waals surface area contributed by atoms with Gasteiger partial charge in [-0.2, -0.15) is 0 Å². The Morgan fingerprint density at radius 2 is 2.00 bits per heavy atom. The van der Waals surface area contributed by atoms with Crippen LogP contribution in [0.5, 0.6) is 0 Å². The number of rotatable bonds is 4. The summed E-state index contributed by atoms with van der Waals surface area (Å²) >= 11 is 5.80. The molecule has 1 aromatic heterocycles. The molecule has 1 aromatic carbocycles. The SMILES string of the molecule is OCCn1nnnc1Cc1ccc(Cl)cc1. The summed E-state index contributed by atoms with van der Waals surface area (Å²) < 4.78 is 1.59. The number of tetrazole rings is 1. The van der Waals surface area contributed by atoms with Gasteiger partial charge in [0.2, 0.25) is 0 Å². The molecule has 0 saturated carbocycles. The number of aliphatic hydroxyl groups excluding tert-OH is 1. The molecule has 0 bridgehead atoms. The Bertz CT molecular complexity index is 454. The summed E-state index contributed by atoms with van der Waals surface area (Å²) in [4.78, 5) is 0. The number of hydrogen-bond acceptors (Lipinski definition) is 4. The van der Waals surface area contributed by atoms with Crippen molar-refractivity contribution in [1.29, 1.82) is 0 Å². The van der Waals surface area contributed by atoms with Gasteiger partial charge in [-0.1, -0.05) is 23.7 Å². The van der Waals surface area contributed by atoms with Crippen molar-refractivity contribution in [2.45, 2.75) is 13.0 Å². The highest BCUT2D eigenvalue weighted by atomic mass is 35.5. The average molecular weight is 239 g/mol. The first-order valence-corrected chi connectivity index (χ1v) is 5.28. The third-order valence-electron chi connectivity index (χ3n) is 2.19. The molecule has 1 heterocycles. The zero-order valence-electron chi connectivity index (χ0n) is 8.54. The lowest BCUT2D eigenvalue weighted by Gasteiger charge is -2.02. The second-order valence-electron chi connectivity index (χ2n) is 3.35. The van der Waals surface area contributed by atoms with Gasteiger partial charge in [0.15, 0.2) is 5.82 Å². The molecule has 2 aromatic rings. The van der Waals surface area contributed by atoms with Crippen LogP contribution in [0.15, 0.2) is 24.3 Å². The second kappa shape index (κ2) is 5.05. The fraction of sp³-hybridized carbons (Fsp3) is 0.300. The van der Waals surface area contributed by atoms with Crippen molar-refractivity contribution in [2.24, 2.45) is 0 Å². The van der Waals surface area contributed by atoms with E-state index in [2.05, 4.69) is 15.5 Å². The number of hydrogen-bond donors (Lipinski definition) is 1. The molecular formula is C10H11ClN4O. The van der Waals surface area contributed by atoms with Gasteiger partial charge in [-0.25, -0.2) is 4.68 Å². The van der Waals surface area contributed by atoms with E-state index < -0.39 is 0 Å². The van der Waals surface area contributed by atoms with E-state index in [0.29, 0.717) is 18.0 Å². The second-order valence-corrected chi connectivity index (χ2v) is 3.78. The van der Waals surface area contributed by atoms with Gasteiger partial charge in [-0.3, -0.25) is 0 Å². The molecule has 0 aliphatic rings. The molecule has 0 atom stereocenters. The van der Waals surface area contributed by atoms with Gasteiger partial charge in [0.1, 0.15) is 0 Å².